The second-order valence-corrected chi connectivity index (χ2v) is 11.9. The first-order chi connectivity index (χ1) is 20.8. The number of aliphatic carboxylic acids is 1. The molecular formula is C25H31N8O9S2+. The number of nitrogens with zero attached hydrogens (tertiary/aromatic N) is 5. The van der Waals surface area contributed by atoms with Gasteiger partial charge in [0.25, 0.3) is 17.9 Å². The van der Waals surface area contributed by atoms with E-state index in [1.54, 1.807) is 12.1 Å². The lowest BCUT2D eigenvalue weighted by atomic mass is 10.0. The number of carbonyl (C=O) groups excluding carboxylic acids is 2. The highest BCUT2D eigenvalue weighted by Crippen LogP contribution is 2.24. The van der Waals surface area contributed by atoms with Crippen LogP contribution in [0.15, 0.2) is 47.2 Å². The van der Waals surface area contributed by atoms with Crippen LogP contribution in [0.3, 0.4) is 0 Å². The van der Waals surface area contributed by atoms with Crippen LogP contribution in [-0.4, -0.2) is 86.9 Å². The number of hydrogen-bond donors (Lipinski definition) is 5. The van der Waals surface area contributed by atoms with E-state index in [1.807, 2.05) is 40.9 Å². The predicted octanol–water partition coefficient (Wildman–Crippen LogP) is -0.862. The van der Waals surface area contributed by atoms with Gasteiger partial charge in [-0.1, -0.05) is 17.3 Å². The monoisotopic (exact) mass is 651 g/mol. The minimum absolute atomic E-state index is 0.0635. The van der Waals surface area contributed by atoms with Crippen molar-refractivity contribution in [2.75, 3.05) is 18.9 Å². The largest absolute Gasteiger partial charge is 0.489 e. The minimum Gasteiger partial charge on any atom is -0.489 e. The smallest absolute Gasteiger partial charge is 0.362 e. The Morgan fingerprint density at radius 3 is 2.55 bits per heavy atom. The van der Waals surface area contributed by atoms with Gasteiger partial charge in [0.2, 0.25) is 6.20 Å². The fraction of sp³-hybridized carbons (Fsp3) is 0.360. The molecule has 3 aromatic rings. The van der Waals surface area contributed by atoms with E-state index in [4.69, 9.17) is 21.0 Å². The van der Waals surface area contributed by atoms with Gasteiger partial charge < -0.3 is 31.5 Å². The maximum atomic E-state index is 13.0. The summed E-state index contributed by atoms with van der Waals surface area (Å²) in [6, 6.07) is 4.53. The number of carboxylic acid groups (broad SMARTS) is 1. The zero-order valence-electron chi connectivity index (χ0n) is 23.6. The molecule has 1 unspecified atom stereocenters. The Hall–Kier alpha value is -4.59. The van der Waals surface area contributed by atoms with Crippen LogP contribution in [0.25, 0.3) is 11.1 Å². The summed E-state index contributed by atoms with van der Waals surface area (Å²) in [5, 5.41) is 17.1. The van der Waals surface area contributed by atoms with Crippen LogP contribution in [0.4, 0.5) is 5.13 Å². The van der Waals surface area contributed by atoms with E-state index in [2.05, 4.69) is 15.5 Å². The molecule has 1 saturated heterocycles. The molecule has 19 heteroatoms. The summed E-state index contributed by atoms with van der Waals surface area (Å²) in [4.78, 5) is 46.2. The molecule has 1 fully saturated rings. The Morgan fingerprint density at radius 2 is 1.98 bits per heavy atom. The van der Waals surface area contributed by atoms with Crippen LogP contribution < -0.4 is 26.2 Å². The van der Waals surface area contributed by atoms with Gasteiger partial charge in [0.15, 0.2) is 17.9 Å². The highest BCUT2D eigenvalue weighted by atomic mass is 32.2. The first-order valence-corrected chi connectivity index (χ1v) is 15.4. The van der Waals surface area contributed by atoms with Gasteiger partial charge in [0, 0.05) is 5.38 Å². The molecule has 44 heavy (non-hydrogen) atoms. The molecule has 1 aromatic carbocycles. The number of thiazole rings is 1. The average molecular weight is 652 g/mol. The van der Waals surface area contributed by atoms with Gasteiger partial charge in [-0.05, 0) is 37.6 Å². The van der Waals surface area contributed by atoms with Crippen LogP contribution in [0, 0.1) is 0 Å². The SMILES string of the molecule is C[C@H]1[C@H](NC(=O)/C(=N\OC(COc2ccc(-c3cn(CCCN)[n+](C)c3)cc2)C(=O)O)c2csc(N)n2)C(=O)N1S(=O)(=O)O. The normalized spacial score (nSPS) is 17.6. The quantitative estimate of drug-likeness (QED) is 0.0470. The van der Waals surface area contributed by atoms with E-state index in [0.717, 1.165) is 35.4 Å². The van der Waals surface area contributed by atoms with Crippen molar-refractivity contribution < 1.29 is 46.7 Å². The lowest BCUT2D eigenvalue weighted by Gasteiger charge is -2.42. The van der Waals surface area contributed by atoms with E-state index >= 15 is 0 Å². The molecule has 0 aliphatic carbocycles. The van der Waals surface area contributed by atoms with Crippen molar-refractivity contribution in [1.82, 2.24) is 19.3 Å². The van der Waals surface area contributed by atoms with Gasteiger partial charge >= 0.3 is 16.3 Å². The van der Waals surface area contributed by atoms with Crippen molar-refractivity contribution in [2.45, 2.75) is 38.1 Å². The van der Waals surface area contributed by atoms with E-state index in [9.17, 15) is 32.5 Å². The molecule has 0 radical (unpaired) electrons. The van der Waals surface area contributed by atoms with Gasteiger partial charge in [-0.3, -0.25) is 14.1 Å². The van der Waals surface area contributed by atoms with Gasteiger partial charge in [0.05, 0.1) is 24.3 Å². The molecule has 2 aromatic heterocycles. The third kappa shape index (κ3) is 7.30. The van der Waals surface area contributed by atoms with Gasteiger partial charge in [-0.2, -0.15) is 13.1 Å². The Bertz CT molecular complexity index is 1670. The third-order valence-corrected chi connectivity index (χ3v) is 8.28. The molecule has 0 spiro atoms. The van der Waals surface area contributed by atoms with Crippen LogP contribution in [-0.2, 0) is 43.1 Å². The molecule has 4 rings (SSSR count). The molecule has 236 valence electrons. The zero-order valence-corrected chi connectivity index (χ0v) is 25.2. The summed E-state index contributed by atoms with van der Waals surface area (Å²) in [5.74, 6) is -3.19. The first-order valence-electron chi connectivity index (χ1n) is 13.1. The number of aromatic nitrogens is 3. The van der Waals surface area contributed by atoms with E-state index in [1.165, 1.54) is 12.3 Å². The lowest BCUT2D eigenvalue weighted by molar-refractivity contribution is -0.753. The number of oxime groups is 1. The standard InChI is InChI=1S/C25H30N8O9S2/c1-14-20(23(35)33(14)44(38,39)40)29-22(34)21(18-13-43-25(27)28-18)30-42-19(24(36)37)12-41-17-6-4-15(5-7-17)16-10-31(2)32(11-16)9-3-8-26/h4-7,10-11,13-14,19-20H,3,8-9,12,26H2,1-2H3,(H4-,27,28,29,34,36,37,38,39,40)/p+1/b30-21-/t14-,19?,20-/m0/s1. The Balaban J connectivity index is 1.43. The summed E-state index contributed by atoms with van der Waals surface area (Å²) in [7, 11) is -2.89. The molecule has 3 atom stereocenters. The number of nitrogen functional groups attached to an aromatic ring is 1. The number of β-lactam (4-membered cyclic amide) rings is 1. The molecule has 0 saturated carbocycles. The molecule has 17 nitrogen and oxygen atoms in total. The van der Waals surface area contributed by atoms with E-state index < -0.39 is 58.6 Å². The summed E-state index contributed by atoms with van der Waals surface area (Å²) in [6.45, 7) is 2.16. The van der Waals surface area contributed by atoms with Crippen LogP contribution in [0.1, 0.15) is 19.0 Å². The average Bonchev–Trinajstić information content (AvgIpc) is 3.56. The molecular weight excluding hydrogens is 620 g/mol. The molecule has 1 aliphatic rings. The first kappa shape index (κ1) is 32.3. The van der Waals surface area contributed by atoms with E-state index in [-0.39, 0.29) is 15.1 Å². The van der Waals surface area contributed by atoms with Gasteiger partial charge in [0.1, 0.15) is 24.1 Å². The van der Waals surface area contributed by atoms with Crippen molar-refractivity contribution in [2.24, 2.45) is 17.9 Å². The molecule has 0 bridgehead atoms. The lowest BCUT2D eigenvalue weighted by Crippen LogP contribution is -2.71. The molecule has 1 aliphatic heterocycles. The minimum atomic E-state index is -4.82. The fourth-order valence-corrected chi connectivity index (χ4v) is 5.71. The number of benzene rings is 1. The summed E-state index contributed by atoms with van der Waals surface area (Å²) < 4.78 is 41.7. The maximum Gasteiger partial charge on any atom is 0.362 e. The zero-order chi connectivity index (χ0) is 32.2. The number of nitrogens with one attached hydrogen (secondary N) is 1. The van der Waals surface area contributed by atoms with E-state index in [0.29, 0.717) is 12.3 Å². The molecule has 3 heterocycles. The number of nitrogens with two attached hydrogens (primary N) is 2. The third-order valence-electron chi connectivity index (χ3n) is 6.60. The Morgan fingerprint density at radius 1 is 1.27 bits per heavy atom. The van der Waals surface area contributed by atoms with Gasteiger partial charge in [-0.25, -0.2) is 14.1 Å². The summed E-state index contributed by atoms with van der Waals surface area (Å²) >= 11 is 0.961. The number of ether oxygens (including phenoxy) is 1. The van der Waals surface area contributed by atoms with Crippen molar-refractivity contribution >= 4 is 50.3 Å². The van der Waals surface area contributed by atoms with Crippen LogP contribution in [0.5, 0.6) is 5.75 Å². The number of aryl methyl sites for hydroxylation is 2. The van der Waals surface area contributed by atoms with Crippen LogP contribution >= 0.6 is 11.3 Å². The second-order valence-electron chi connectivity index (χ2n) is 9.67. The number of carbonyl (C=O) groups is 3. The number of rotatable bonds is 14. The number of amides is 2. The molecule has 7 N–H and O–H groups in total. The predicted molar refractivity (Wildman–Crippen MR) is 156 cm³/mol. The maximum absolute atomic E-state index is 13.0. The Labute approximate surface area is 255 Å². The second kappa shape index (κ2) is 13.4. The Kier molecular flexibility index (Phi) is 9.82. The van der Waals surface area contributed by atoms with Crippen molar-refractivity contribution in [3.05, 3.63) is 47.7 Å². The number of anilines is 1. The van der Waals surface area contributed by atoms with Crippen molar-refractivity contribution in [3.63, 3.8) is 0 Å². The number of carboxylic acids is 1. The summed E-state index contributed by atoms with van der Waals surface area (Å²) in [5.41, 5.74) is 12.5. The van der Waals surface area contributed by atoms with Crippen molar-refractivity contribution in [3.8, 4) is 16.9 Å². The van der Waals surface area contributed by atoms with Crippen LogP contribution in [0.2, 0.25) is 0 Å². The highest BCUT2D eigenvalue weighted by Gasteiger charge is 2.51. The topological polar surface area (TPSA) is 246 Å². The highest BCUT2D eigenvalue weighted by molar-refractivity contribution is 7.84. The molecule has 2 amide bonds. The van der Waals surface area contributed by atoms with Gasteiger partial charge in [-0.15, -0.1) is 16.0 Å². The van der Waals surface area contributed by atoms with Crippen molar-refractivity contribution in [1.29, 1.82) is 0 Å². The summed E-state index contributed by atoms with van der Waals surface area (Å²) in [6.07, 6.45) is 3.13. The fourth-order valence-electron chi connectivity index (χ4n) is 4.28. The number of hydrogen-bond acceptors (Lipinski definition) is 12.